The number of para-hydroxylation sites is 1. The summed E-state index contributed by atoms with van der Waals surface area (Å²) >= 11 is 3.12. The van der Waals surface area contributed by atoms with Crippen LogP contribution in [-0.2, 0) is 9.47 Å². The van der Waals surface area contributed by atoms with E-state index in [0.717, 1.165) is 0 Å². The molecular formula is C19H14BrFN2O4. The third-order valence-electron chi connectivity index (χ3n) is 3.85. The van der Waals surface area contributed by atoms with Crippen molar-refractivity contribution < 1.29 is 23.5 Å². The predicted molar refractivity (Wildman–Crippen MR) is 99.3 cm³/mol. The summed E-state index contributed by atoms with van der Waals surface area (Å²) in [6, 6.07) is 13.0. The van der Waals surface area contributed by atoms with Crippen molar-refractivity contribution in [2.75, 3.05) is 14.2 Å². The van der Waals surface area contributed by atoms with Gasteiger partial charge in [-0.25, -0.2) is 18.7 Å². The number of ether oxygens (including phenoxy) is 2. The predicted octanol–water partition coefficient (Wildman–Crippen LogP) is 4.01. The van der Waals surface area contributed by atoms with Gasteiger partial charge in [-0.15, -0.1) is 0 Å². The van der Waals surface area contributed by atoms with Crippen LogP contribution in [0.25, 0.3) is 16.9 Å². The molecule has 3 rings (SSSR count). The summed E-state index contributed by atoms with van der Waals surface area (Å²) in [4.78, 5) is 24.9. The summed E-state index contributed by atoms with van der Waals surface area (Å²) < 4.78 is 24.8. The van der Waals surface area contributed by atoms with E-state index in [1.165, 1.54) is 37.1 Å². The average molecular weight is 433 g/mol. The zero-order chi connectivity index (χ0) is 19.6. The second kappa shape index (κ2) is 7.71. The Morgan fingerprint density at radius 2 is 1.70 bits per heavy atom. The first-order chi connectivity index (χ1) is 13.0. The van der Waals surface area contributed by atoms with Gasteiger partial charge in [0.1, 0.15) is 17.1 Å². The summed E-state index contributed by atoms with van der Waals surface area (Å²) in [6.45, 7) is 0. The molecule has 0 N–H and O–H groups in total. The van der Waals surface area contributed by atoms with Crippen LogP contribution in [-0.4, -0.2) is 35.9 Å². The quantitative estimate of drug-likeness (QED) is 0.582. The number of hydrogen-bond acceptors (Lipinski definition) is 5. The molecule has 2 aromatic carbocycles. The van der Waals surface area contributed by atoms with Crippen LogP contribution >= 0.6 is 15.9 Å². The molecule has 8 heteroatoms. The number of halogens is 2. The third-order valence-corrected chi connectivity index (χ3v) is 4.46. The molecule has 0 unspecified atom stereocenters. The second-order valence-corrected chi connectivity index (χ2v) is 6.29. The van der Waals surface area contributed by atoms with Gasteiger partial charge < -0.3 is 9.47 Å². The van der Waals surface area contributed by atoms with Crippen LogP contribution in [0.3, 0.4) is 0 Å². The minimum Gasteiger partial charge on any atom is -0.465 e. The first-order valence-electron chi connectivity index (χ1n) is 7.78. The van der Waals surface area contributed by atoms with E-state index in [0.29, 0.717) is 11.3 Å². The second-order valence-electron chi connectivity index (χ2n) is 5.43. The summed E-state index contributed by atoms with van der Waals surface area (Å²) in [5, 5.41) is 4.43. The molecule has 0 spiro atoms. The highest BCUT2D eigenvalue weighted by atomic mass is 79.9. The van der Waals surface area contributed by atoms with Crippen molar-refractivity contribution in [3.05, 3.63) is 70.1 Å². The number of carbonyl (C=O) groups is 2. The van der Waals surface area contributed by atoms with E-state index < -0.39 is 17.8 Å². The molecule has 0 fully saturated rings. The third kappa shape index (κ3) is 3.48. The number of nitrogens with zero attached hydrogens (tertiary/aromatic N) is 2. The standard InChI is InChI=1S/C19H14BrFN2O4/c1-26-18(24)15-16(11-8-9-14(21)13(20)10-11)22-23(17(15)19(25)27-2)12-6-4-3-5-7-12/h3-10H,1-2H3. The maximum Gasteiger partial charge on any atom is 0.357 e. The molecule has 0 saturated carbocycles. The van der Waals surface area contributed by atoms with E-state index in [1.807, 2.05) is 6.07 Å². The molecule has 3 aromatic rings. The molecule has 0 amide bonds. The fourth-order valence-corrected chi connectivity index (χ4v) is 2.98. The maximum absolute atomic E-state index is 13.6. The molecule has 0 radical (unpaired) electrons. The lowest BCUT2D eigenvalue weighted by Gasteiger charge is -2.07. The summed E-state index contributed by atoms with van der Waals surface area (Å²) in [7, 11) is 2.41. The van der Waals surface area contributed by atoms with Gasteiger partial charge in [-0.3, -0.25) is 0 Å². The Balaban J connectivity index is 2.36. The number of esters is 2. The molecule has 27 heavy (non-hydrogen) atoms. The molecule has 0 aliphatic rings. The van der Waals surface area contributed by atoms with Crippen LogP contribution in [0.5, 0.6) is 0 Å². The minimum absolute atomic E-state index is 0.0632. The summed E-state index contributed by atoms with van der Waals surface area (Å²) in [5.41, 5.74) is 1.02. The van der Waals surface area contributed by atoms with Crippen LogP contribution in [0.1, 0.15) is 20.8 Å². The number of rotatable bonds is 4. The molecular weight excluding hydrogens is 419 g/mol. The molecule has 138 valence electrons. The highest BCUT2D eigenvalue weighted by Crippen LogP contribution is 2.31. The highest BCUT2D eigenvalue weighted by Gasteiger charge is 2.31. The summed E-state index contributed by atoms with van der Waals surface area (Å²) in [5.74, 6) is -1.97. The van der Waals surface area contributed by atoms with Crippen molar-refractivity contribution in [2.45, 2.75) is 0 Å². The lowest BCUT2D eigenvalue weighted by atomic mass is 10.1. The van der Waals surface area contributed by atoms with Crippen molar-refractivity contribution in [1.82, 2.24) is 9.78 Å². The Morgan fingerprint density at radius 1 is 1.04 bits per heavy atom. The van der Waals surface area contributed by atoms with Crippen LogP contribution in [0.4, 0.5) is 4.39 Å². The smallest absolute Gasteiger partial charge is 0.357 e. The monoisotopic (exact) mass is 432 g/mol. The Labute approximate surface area is 162 Å². The van der Waals surface area contributed by atoms with Gasteiger partial charge in [0, 0.05) is 5.56 Å². The van der Waals surface area contributed by atoms with Gasteiger partial charge in [-0.05, 0) is 46.3 Å². The van der Waals surface area contributed by atoms with Crippen molar-refractivity contribution in [1.29, 1.82) is 0 Å². The maximum atomic E-state index is 13.6. The molecule has 0 aliphatic carbocycles. The topological polar surface area (TPSA) is 70.4 Å². The van der Waals surface area contributed by atoms with Gasteiger partial charge in [-0.2, -0.15) is 5.10 Å². The Kier molecular flexibility index (Phi) is 5.36. The van der Waals surface area contributed by atoms with Crippen LogP contribution in [0.15, 0.2) is 53.0 Å². The number of carbonyl (C=O) groups excluding carboxylic acids is 2. The van der Waals surface area contributed by atoms with Crippen molar-refractivity contribution in [3.63, 3.8) is 0 Å². The first kappa shape index (κ1) is 18.8. The van der Waals surface area contributed by atoms with E-state index >= 15 is 0 Å². The van der Waals surface area contributed by atoms with Crippen molar-refractivity contribution in [2.24, 2.45) is 0 Å². The van der Waals surface area contributed by atoms with Gasteiger partial charge >= 0.3 is 11.9 Å². The van der Waals surface area contributed by atoms with Gasteiger partial charge in [-0.1, -0.05) is 18.2 Å². The van der Waals surface area contributed by atoms with E-state index in [-0.39, 0.29) is 21.4 Å². The number of benzene rings is 2. The SMILES string of the molecule is COC(=O)c1c(-c2ccc(F)c(Br)c2)nn(-c2ccccc2)c1C(=O)OC. The molecule has 0 bridgehead atoms. The highest BCUT2D eigenvalue weighted by molar-refractivity contribution is 9.10. The normalized spacial score (nSPS) is 10.5. The average Bonchev–Trinajstić information content (AvgIpc) is 3.10. The molecule has 6 nitrogen and oxygen atoms in total. The first-order valence-corrected chi connectivity index (χ1v) is 8.57. The van der Waals surface area contributed by atoms with E-state index in [9.17, 15) is 14.0 Å². The van der Waals surface area contributed by atoms with Crippen molar-refractivity contribution >= 4 is 27.9 Å². The molecule has 0 aliphatic heterocycles. The van der Waals surface area contributed by atoms with E-state index in [4.69, 9.17) is 9.47 Å². The Morgan fingerprint density at radius 3 is 2.30 bits per heavy atom. The number of methoxy groups -OCH3 is 2. The fraction of sp³-hybridized carbons (Fsp3) is 0.105. The van der Waals surface area contributed by atoms with Crippen molar-refractivity contribution in [3.8, 4) is 16.9 Å². The fourth-order valence-electron chi connectivity index (χ4n) is 2.60. The van der Waals surface area contributed by atoms with Gasteiger partial charge in [0.05, 0.1) is 24.4 Å². The zero-order valence-corrected chi connectivity index (χ0v) is 16.0. The van der Waals surface area contributed by atoms with Crippen LogP contribution < -0.4 is 0 Å². The van der Waals surface area contributed by atoms with Gasteiger partial charge in [0.2, 0.25) is 0 Å². The largest absolute Gasteiger partial charge is 0.465 e. The van der Waals surface area contributed by atoms with Crippen LogP contribution in [0.2, 0.25) is 0 Å². The minimum atomic E-state index is -0.756. The zero-order valence-electron chi connectivity index (χ0n) is 14.4. The van der Waals surface area contributed by atoms with Gasteiger partial charge in [0.25, 0.3) is 0 Å². The van der Waals surface area contributed by atoms with E-state index in [2.05, 4.69) is 21.0 Å². The molecule has 1 heterocycles. The lowest BCUT2D eigenvalue weighted by molar-refractivity contribution is 0.0549. The molecule has 1 aromatic heterocycles. The molecule has 0 saturated heterocycles. The number of aromatic nitrogens is 2. The van der Waals surface area contributed by atoms with Crippen LogP contribution in [0, 0.1) is 5.82 Å². The Bertz CT molecular complexity index is 1020. The Hall–Kier alpha value is -3.00. The lowest BCUT2D eigenvalue weighted by Crippen LogP contribution is -2.15. The van der Waals surface area contributed by atoms with Gasteiger partial charge in [0.15, 0.2) is 5.69 Å². The summed E-state index contributed by atoms with van der Waals surface area (Å²) in [6.07, 6.45) is 0. The molecule has 0 atom stereocenters. The van der Waals surface area contributed by atoms with E-state index in [1.54, 1.807) is 24.3 Å². The number of hydrogen-bond donors (Lipinski definition) is 0.